The molecule has 32 heavy (non-hydrogen) atoms. The zero-order valence-electron chi connectivity index (χ0n) is 18.0. The summed E-state index contributed by atoms with van der Waals surface area (Å²) < 4.78 is 2.25. The highest BCUT2D eigenvalue weighted by Gasteiger charge is 2.41. The van der Waals surface area contributed by atoms with E-state index in [1.165, 1.54) is 11.3 Å². The number of rotatable bonds is 5. The summed E-state index contributed by atoms with van der Waals surface area (Å²) in [7, 11) is 0. The highest BCUT2D eigenvalue weighted by atomic mass is 32.1. The summed E-state index contributed by atoms with van der Waals surface area (Å²) in [4.78, 5) is 15.5. The van der Waals surface area contributed by atoms with Crippen LogP contribution in [0.4, 0.5) is 0 Å². The molecule has 5 heterocycles. The number of aromatic nitrogens is 4. The molecule has 6 nitrogen and oxygen atoms in total. The van der Waals surface area contributed by atoms with E-state index < -0.39 is 0 Å². The van der Waals surface area contributed by atoms with Crippen LogP contribution in [-0.2, 0) is 6.54 Å². The smallest absolute Gasteiger partial charge is 0.170 e. The van der Waals surface area contributed by atoms with Crippen LogP contribution in [0, 0.1) is 13.8 Å². The predicted octanol–water partition coefficient (Wildman–Crippen LogP) is 4.45. The van der Waals surface area contributed by atoms with Gasteiger partial charge in [0.2, 0.25) is 0 Å². The van der Waals surface area contributed by atoms with E-state index in [0.717, 1.165) is 27.8 Å². The molecule has 0 bridgehead atoms. The Morgan fingerprint density at radius 3 is 2.47 bits per heavy atom. The van der Waals surface area contributed by atoms with Crippen LogP contribution in [0.25, 0.3) is 5.69 Å². The predicted molar refractivity (Wildman–Crippen MR) is 128 cm³/mol. The summed E-state index contributed by atoms with van der Waals surface area (Å²) >= 11 is 5.82. The molecule has 1 aliphatic heterocycles. The van der Waals surface area contributed by atoms with Crippen molar-refractivity contribution in [1.29, 1.82) is 0 Å². The number of aryl methyl sites for hydroxylation is 1. The molecule has 1 N–H and O–H groups in total. The quantitative estimate of drug-likeness (QED) is 0.463. The van der Waals surface area contributed by atoms with Gasteiger partial charge in [0.25, 0.3) is 0 Å². The standard InChI is InChI=1S/C25H24N6S/c1-17-13-21(18(2)31(17)20-8-6-11-27-15-20)24-23(22-9-3-4-12-28-22)29-25(32)30(24)16-19-7-5-10-26-14-19/h3-15,23-24H,16H2,1-2H3,(H,29,32)/t23-,24-/m0/s1. The largest absolute Gasteiger partial charge is 0.352 e. The summed E-state index contributed by atoms with van der Waals surface area (Å²) in [6.07, 6.45) is 9.21. The fourth-order valence-corrected chi connectivity index (χ4v) is 4.88. The normalized spacial score (nSPS) is 18.1. The van der Waals surface area contributed by atoms with Gasteiger partial charge in [-0.05, 0) is 73.6 Å². The molecular formula is C25H24N6S. The average Bonchev–Trinajstić information content (AvgIpc) is 3.30. The van der Waals surface area contributed by atoms with Gasteiger partial charge in [-0.2, -0.15) is 0 Å². The minimum absolute atomic E-state index is 0.00534. The molecular weight excluding hydrogens is 416 g/mol. The molecule has 1 aliphatic rings. The van der Waals surface area contributed by atoms with Gasteiger partial charge in [-0.1, -0.05) is 12.1 Å². The molecule has 4 aromatic heterocycles. The molecule has 0 unspecified atom stereocenters. The first kappa shape index (κ1) is 20.3. The number of nitrogens with one attached hydrogen (secondary N) is 1. The summed E-state index contributed by atoms with van der Waals surface area (Å²) in [6.45, 7) is 4.96. The van der Waals surface area contributed by atoms with E-state index in [4.69, 9.17) is 12.2 Å². The van der Waals surface area contributed by atoms with Gasteiger partial charge in [-0.25, -0.2) is 0 Å². The van der Waals surface area contributed by atoms with Gasteiger partial charge >= 0.3 is 0 Å². The van der Waals surface area contributed by atoms with Crippen LogP contribution in [-0.4, -0.2) is 29.5 Å². The van der Waals surface area contributed by atoms with Crippen LogP contribution in [0.1, 0.15) is 40.3 Å². The van der Waals surface area contributed by atoms with Gasteiger partial charge in [-0.3, -0.25) is 15.0 Å². The first-order chi connectivity index (χ1) is 15.6. The van der Waals surface area contributed by atoms with Crippen molar-refractivity contribution in [2.45, 2.75) is 32.5 Å². The maximum absolute atomic E-state index is 5.82. The molecule has 4 aromatic rings. The molecule has 7 heteroatoms. The molecule has 0 radical (unpaired) electrons. The number of thiocarbonyl (C=S) groups is 1. The zero-order valence-corrected chi connectivity index (χ0v) is 18.8. The lowest BCUT2D eigenvalue weighted by Crippen LogP contribution is -2.29. The molecule has 0 saturated carbocycles. The lowest BCUT2D eigenvalue weighted by atomic mass is 9.96. The van der Waals surface area contributed by atoms with Gasteiger partial charge in [0.1, 0.15) is 0 Å². The topological polar surface area (TPSA) is 58.9 Å². The third-order valence-corrected chi connectivity index (χ3v) is 6.32. The van der Waals surface area contributed by atoms with Crippen LogP contribution in [0.3, 0.4) is 0 Å². The Kier molecular flexibility index (Phi) is 5.41. The molecule has 5 rings (SSSR count). The average molecular weight is 441 g/mol. The van der Waals surface area contributed by atoms with Gasteiger partial charge in [0.05, 0.1) is 29.7 Å². The van der Waals surface area contributed by atoms with Crippen LogP contribution in [0.2, 0.25) is 0 Å². The summed E-state index contributed by atoms with van der Waals surface area (Å²) in [6, 6.07) is 16.3. The van der Waals surface area contributed by atoms with E-state index >= 15 is 0 Å². The van der Waals surface area contributed by atoms with Crippen molar-refractivity contribution in [1.82, 2.24) is 29.7 Å². The van der Waals surface area contributed by atoms with E-state index in [-0.39, 0.29) is 12.1 Å². The second-order valence-corrected chi connectivity index (χ2v) is 8.38. The van der Waals surface area contributed by atoms with Crippen molar-refractivity contribution in [3.63, 3.8) is 0 Å². The maximum atomic E-state index is 5.82. The maximum Gasteiger partial charge on any atom is 0.170 e. The molecule has 0 aliphatic carbocycles. The van der Waals surface area contributed by atoms with Crippen LogP contribution in [0.5, 0.6) is 0 Å². The van der Waals surface area contributed by atoms with Crippen molar-refractivity contribution in [2.75, 3.05) is 0 Å². The molecule has 160 valence electrons. The second-order valence-electron chi connectivity index (χ2n) is 7.99. The Bertz CT molecular complexity index is 1220. The SMILES string of the molecule is Cc1cc([C@H]2[C@H](c3ccccn3)NC(=S)N2Cc2cccnc2)c(C)n1-c1cccnc1. The van der Waals surface area contributed by atoms with Crippen molar-refractivity contribution in [3.8, 4) is 5.69 Å². The highest BCUT2D eigenvalue weighted by molar-refractivity contribution is 7.80. The van der Waals surface area contributed by atoms with Crippen molar-refractivity contribution < 1.29 is 0 Å². The van der Waals surface area contributed by atoms with E-state index in [1.807, 2.05) is 42.9 Å². The molecule has 1 fully saturated rings. The fourth-order valence-electron chi connectivity index (χ4n) is 4.57. The van der Waals surface area contributed by atoms with Gasteiger partial charge in [-0.15, -0.1) is 0 Å². The Balaban J connectivity index is 1.62. The van der Waals surface area contributed by atoms with E-state index in [2.05, 4.69) is 67.8 Å². The minimum atomic E-state index is -0.0526. The van der Waals surface area contributed by atoms with Crippen LogP contribution < -0.4 is 5.32 Å². The zero-order chi connectivity index (χ0) is 22.1. The molecule has 0 spiro atoms. The second kappa shape index (κ2) is 8.51. The van der Waals surface area contributed by atoms with Gasteiger partial charge in [0, 0.05) is 42.7 Å². The number of nitrogens with zero attached hydrogens (tertiary/aromatic N) is 5. The molecule has 0 amide bonds. The van der Waals surface area contributed by atoms with Gasteiger partial charge < -0.3 is 14.8 Å². The van der Waals surface area contributed by atoms with Crippen molar-refractivity contribution >= 4 is 17.3 Å². The van der Waals surface area contributed by atoms with E-state index in [0.29, 0.717) is 6.54 Å². The first-order valence-corrected chi connectivity index (χ1v) is 11.0. The monoisotopic (exact) mass is 440 g/mol. The summed E-state index contributed by atoms with van der Waals surface area (Å²) in [5.74, 6) is 0. The van der Waals surface area contributed by atoms with Crippen LogP contribution >= 0.6 is 12.2 Å². The lowest BCUT2D eigenvalue weighted by molar-refractivity contribution is 0.310. The lowest BCUT2D eigenvalue weighted by Gasteiger charge is -2.28. The fraction of sp³-hybridized carbons (Fsp3) is 0.200. The number of hydrogen-bond acceptors (Lipinski definition) is 4. The Morgan fingerprint density at radius 1 is 0.969 bits per heavy atom. The molecule has 0 aromatic carbocycles. The Hall–Kier alpha value is -3.58. The van der Waals surface area contributed by atoms with Crippen molar-refractivity contribution in [3.05, 3.63) is 108 Å². The van der Waals surface area contributed by atoms with Crippen LogP contribution in [0.15, 0.2) is 79.5 Å². The molecule has 1 saturated heterocycles. The number of pyridine rings is 3. The highest BCUT2D eigenvalue weighted by Crippen LogP contribution is 2.42. The summed E-state index contributed by atoms with van der Waals surface area (Å²) in [5.41, 5.74) is 6.69. The number of hydrogen-bond donors (Lipinski definition) is 1. The van der Waals surface area contributed by atoms with E-state index in [9.17, 15) is 0 Å². The first-order valence-electron chi connectivity index (χ1n) is 10.6. The van der Waals surface area contributed by atoms with Crippen molar-refractivity contribution in [2.24, 2.45) is 0 Å². The van der Waals surface area contributed by atoms with E-state index in [1.54, 1.807) is 12.4 Å². The van der Waals surface area contributed by atoms with Gasteiger partial charge in [0.15, 0.2) is 5.11 Å². The Morgan fingerprint density at radius 2 is 1.78 bits per heavy atom. The summed E-state index contributed by atoms with van der Waals surface area (Å²) in [5, 5.41) is 4.26. The molecule has 2 atom stereocenters. The third kappa shape index (κ3) is 3.65. The minimum Gasteiger partial charge on any atom is -0.352 e. The third-order valence-electron chi connectivity index (χ3n) is 5.97. The Labute approximate surface area is 193 Å².